The molecule has 0 unspecified atom stereocenters. The predicted molar refractivity (Wildman–Crippen MR) is 70.8 cm³/mol. The lowest BCUT2D eigenvalue weighted by atomic mass is 10.2. The van der Waals surface area contributed by atoms with Crippen molar-refractivity contribution in [1.29, 1.82) is 0 Å². The Morgan fingerprint density at radius 2 is 1.95 bits per heavy atom. The largest absolute Gasteiger partial charge is 0.416 e. The minimum Gasteiger partial charge on any atom is -0.361 e. The van der Waals surface area contributed by atoms with Gasteiger partial charge < -0.3 is 4.52 Å². The first-order valence-corrected chi connectivity index (χ1v) is 8.26. The molecular formula is C14H12F3NO3S. The highest BCUT2D eigenvalue weighted by Crippen LogP contribution is 2.40. The van der Waals surface area contributed by atoms with E-state index in [4.69, 9.17) is 4.52 Å². The molecule has 0 aliphatic heterocycles. The highest BCUT2D eigenvalue weighted by molar-refractivity contribution is 7.90. The third-order valence-electron chi connectivity index (χ3n) is 3.42. The van der Waals surface area contributed by atoms with E-state index < -0.39 is 27.3 Å². The summed E-state index contributed by atoms with van der Waals surface area (Å²) in [6, 6.07) is 5.25. The molecule has 1 aliphatic rings. The Hall–Kier alpha value is -1.83. The van der Waals surface area contributed by atoms with Gasteiger partial charge in [-0.1, -0.05) is 11.2 Å². The second-order valence-corrected chi connectivity index (χ2v) is 7.27. The van der Waals surface area contributed by atoms with Crippen LogP contribution in [0.2, 0.25) is 0 Å². The maximum absolute atomic E-state index is 12.7. The number of sulfone groups is 1. The fraction of sp³-hybridized carbons (Fsp3) is 0.357. The minimum absolute atomic E-state index is 0.208. The maximum Gasteiger partial charge on any atom is 0.416 e. The molecule has 22 heavy (non-hydrogen) atoms. The van der Waals surface area contributed by atoms with Crippen molar-refractivity contribution in [3.63, 3.8) is 0 Å². The van der Waals surface area contributed by atoms with E-state index in [1.165, 1.54) is 0 Å². The van der Waals surface area contributed by atoms with Crippen molar-refractivity contribution in [2.24, 2.45) is 0 Å². The van der Waals surface area contributed by atoms with Crippen molar-refractivity contribution in [2.45, 2.75) is 35.6 Å². The van der Waals surface area contributed by atoms with Gasteiger partial charge >= 0.3 is 6.18 Å². The summed E-state index contributed by atoms with van der Waals surface area (Å²) in [6.45, 7) is 0. The SMILES string of the molecule is O=S(=O)(Cc1cc(C2CC2)on1)c1cccc(C(F)(F)F)c1. The third kappa shape index (κ3) is 3.16. The zero-order chi connectivity index (χ0) is 16.0. The molecule has 1 fully saturated rings. The Morgan fingerprint density at radius 1 is 1.23 bits per heavy atom. The molecule has 8 heteroatoms. The Kier molecular flexibility index (Phi) is 3.51. The van der Waals surface area contributed by atoms with Crippen LogP contribution < -0.4 is 0 Å². The highest BCUT2D eigenvalue weighted by Gasteiger charge is 2.32. The standard InChI is InChI=1S/C14H12F3NO3S/c15-14(16,17)10-2-1-3-12(6-10)22(19,20)8-11-7-13(21-18-11)9-4-5-9/h1-3,6-7,9H,4-5,8H2. The van der Waals surface area contributed by atoms with Crippen molar-refractivity contribution < 1.29 is 26.1 Å². The van der Waals surface area contributed by atoms with Crippen molar-refractivity contribution in [3.8, 4) is 0 Å². The van der Waals surface area contributed by atoms with Gasteiger partial charge in [0.1, 0.15) is 11.5 Å². The molecular weight excluding hydrogens is 319 g/mol. The molecule has 3 rings (SSSR count). The first kappa shape index (κ1) is 15.1. The van der Waals surface area contributed by atoms with Crippen LogP contribution >= 0.6 is 0 Å². The van der Waals surface area contributed by atoms with E-state index in [1.807, 2.05) is 0 Å². The number of alkyl halides is 3. The van der Waals surface area contributed by atoms with Crippen LogP contribution in [0.3, 0.4) is 0 Å². The molecule has 4 nitrogen and oxygen atoms in total. The van der Waals surface area contributed by atoms with Crippen molar-refractivity contribution in [1.82, 2.24) is 5.16 Å². The van der Waals surface area contributed by atoms with Crippen LogP contribution in [-0.2, 0) is 21.8 Å². The number of hydrogen-bond donors (Lipinski definition) is 0. The van der Waals surface area contributed by atoms with Gasteiger partial charge in [0.25, 0.3) is 0 Å². The van der Waals surface area contributed by atoms with E-state index in [2.05, 4.69) is 5.16 Å². The van der Waals surface area contributed by atoms with Gasteiger partial charge in [0.2, 0.25) is 0 Å². The molecule has 0 amide bonds. The third-order valence-corrected chi connectivity index (χ3v) is 5.06. The van der Waals surface area contributed by atoms with Crippen LogP contribution in [0, 0.1) is 0 Å². The lowest BCUT2D eigenvalue weighted by molar-refractivity contribution is -0.137. The molecule has 1 aromatic heterocycles. The molecule has 1 aliphatic carbocycles. The Morgan fingerprint density at radius 3 is 2.59 bits per heavy atom. The number of benzene rings is 1. The molecule has 1 aromatic carbocycles. The van der Waals surface area contributed by atoms with E-state index in [-0.39, 0.29) is 16.5 Å². The molecule has 2 aromatic rings. The molecule has 0 saturated heterocycles. The molecule has 0 spiro atoms. The van der Waals surface area contributed by atoms with Crippen molar-refractivity contribution >= 4 is 9.84 Å². The Bertz CT molecular complexity index is 792. The Balaban J connectivity index is 1.85. The van der Waals surface area contributed by atoms with Crippen LogP contribution in [0.15, 0.2) is 39.8 Å². The predicted octanol–water partition coefficient (Wildman–Crippen LogP) is 3.54. The summed E-state index contributed by atoms with van der Waals surface area (Å²) in [5.41, 5.74) is -0.785. The summed E-state index contributed by atoms with van der Waals surface area (Å²) in [4.78, 5) is -0.377. The summed E-state index contributed by atoms with van der Waals surface area (Å²) in [7, 11) is -3.91. The van der Waals surface area contributed by atoms with E-state index in [0.717, 1.165) is 31.0 Å². The summed E-state index contributed by atoms with van der Waals surface area (Å²) in [5, 5.41) is 3.68. The normalized spacial score (nSPS) is 16.0. The van der Waals surface area contributed by atoms with E-state index in [0.29, 0.717) is 11.8 Å². The molecule has 0 atom stereocenters. The van der Waals surface area contributed by atoms with Gasteiger partial charge in [0, 0.05) is 12.0 Å². The highest BCUT2D eigenvalue weighted by atomic mass is 32.2. The minimum atomic E-state index is -4.58. The average Bonchev–Trinajstić information content (AvgIpc) is 3.19. The van der Waals surface area contributed by atoms with Crippen LogP contribution in [0.5, 0.6) is 0 Å². The Labute approximate surface area is 124 Å². The van der Waals surface area contributed by atoms with Crippen LogP contribution in [0.25, 0.3) is 0 Å². The number of rotatable bonds is 4. The van der Waals surface area contributed by atoms with E-state index in [1.54, 1.807) is 6.07 Å². The van der Waals surface area contributed by atoms with Crippen LogP contribution in [0.1, 0.15) is 35.8 Å². The fourth-order valence-corrected chi connectivity index (χ4v) is 3.38. The summed E-state index contributed by atoms with van der Waals surface area (Å²) < 4.78 is 67.5. The lowest BCUT2D eigenvalue weighted by Gasteiger charge is -2.08. The van der Waals surface area contributed by atoms with Gasteiger partial charge in [-0.3, -0.25) is 0 Å². The van der Waals surface area contributed by atoms with Gasteiger partial charge in [-0.2, -0.15) is 13.2 Å². The number of halogens is 3. The number of nitrogens with zero attached hydrogens (tertiary/aromatic N) is 1. The number of hydrogen-bond acceptors (Lipinski definition) is 4. The molecule has 0 radical (unpaired) electrons. The molecule has 118 valence electrons. The molecule has 1 heterocycles. The summed E-state index contributed by atoms with van der Waals surface area (Å²) in [6.07, 6.45) is -2.62. The van der Waals surface area contributed by atoms with Gasteiger partial charge in [-0.15, -0.1) is 0 Å². The lowest BCUT2D eigenvalue weighted by Crippen LogP contribution is -2.09. The first-order chi connectivity index (χ1) is 10.3. The average molecular weight is 331 g/mol. The number of aromatic nitrogens is 1. The monoisotopic (exact) mass is 331 g/mol. The van der Waals surface area contributed by atoms with Gasteiger partial charge in [-0.25, -0.2) is 8.42 Å². The van der Waals surface area contributed by atoms with Crippen LogP contribution in [-0.4, -0.2) is 13.6 Å². The fourth-order valence-electron chi connectivity index (χ4n) is 2.10. The molecule has 1 saturated carbocycles. The maximum atomic E-state index is 12.7. The second kappa shape index (κ2) is 5.12. The van der Waals surface area contributed by atoms with Gasteiger partial charge in [-0.05, 0) is 31.0 Å². The van der Waals surface area contributed by atoms with Crippen molar-refractivity contribution in [3.05, 3.63) is 47.3 Å². The topological polar surface area (TPSA) is 60.2 Å². The van der Waals surface area contributed by atoms with E-state index >= 15 is 0 Å². The second-order valence-electron chi connectivity index (χ2n) is 5.28. The van der Waals surface area contributed by atoms with Crippen LogP contribution in [0.4, 0.5) is 13.2 Å². The smallest absolute Gasteiger partial charge is 0.361 e. The quantitative estimate of drug-likeness (QED) is 0.860. The summed E-state index contributed by atoms with van der Waals surface area (Å²) in [5.74, 6) is 0.441. The first-order valence-electron chi connectivity index (χ1n) is 6.61. The molecule has 0 bridgehead atoms. The molecule has 0 N–H and O–H groups in total. The van der Waals surface area contributed by atoms with Gasteiger partial charge in [0.05, 0.1) is 16.2 Å². The summed E-state index contributed by atoms with van der Waals surface area (Å²) >= 11 is 0. The van der Waals surface area contributed by atoms with Crippen molar-refractivity contribution in [2.75, 3.05) is 0 Å². The van der Waals surface area contributed by atoms with Gasteiger partial charge in [0.15, 0.2) is 9.84 Å². The zero-order valence-corrected chi connectivity index (χ0v) is 12.1. The zero-order valence-electron chi connectivity index (χ0n) is 11.3. The van der Waals surface area contributed by atoms with E-state index in [9.17, 15) is 21.6 Å².